The van der Waals surface area contributed by atoms with Gasteiger partial charge in [-0.1, -0.05) is 12.1 Å². The summed E-state index contributed by atoms with van der Waals surface area (Å²) in [6, 6.07) is 6.40. The van der Waals surface area contributed by atoms with E-state index in [2.05, 4.69) is 5.10 Å². The summed E-state index contributed by atoms with van der Waals surface area (Å²) in [5, 5.41) is 11.7. The molecule has 1 aromatic heterocycles. The van der Waals surface area contributed by atoms with Crippen LogP contribution in [0.4, 0.5) is 0 Å². The van der Waals surface area contributed by atoms with Gasteiger partial charge >= 0.3 is 5.97 Å². The lowest BCUT2D eigenvalue weighted by Crippen LogP contribution is -2.12. The van der Waals surface area contributed by atoms with Crippen LogP contribution in [0.5, 0.6) is 0 Å². The van der Waals surface area contributed by atoms with Crippen molar-refractivity contribution >= 4 is 5.97 Å². The first-order valence-corrected chi connectivity index (χ1v) is 5.10. The van der Waals surface area contributed by atoms with Crippen LogP contribution in [0.1, 0.15) is 15.9 Å². The first-order chi connectivity index (χ1) is 8.00. The molecule has 0 atom stereocenters. The van der Waals surface area contributed by atoms with Crippen LogP contribution < -0.4 is 5.56 Å². The van der Waals surface area contributed by atoms with E-state index in [0.717, 1.165) is 11.3 Å². The molecule has 2 aromatic rings. The minimum atomic E-state index is -0.963. The smallest absolute Gasteiger partial charge is 0.335 e. The predicted molar refractivity (Wildman–Crippen MR) is 63.2 cm³/mol. The van der Waals surface area contributed by atoms with Gasteiger partial charge in [-0.15, -0.1) is 0 Å². The van der Waals surface area contributed by atoms with Crippen molar-refractivity contribution in [2.75, 3.05) is 0 Å². The molecule has 0 saturated heterocycles. The van der Waals surface area contributed by atoms with E-state index in [-0.39, 0.29) is 11.1 Å². The maximum Gasteiger partial charge on any atom is 0.335 e. The molecule has 5 nitrogen and oxygen atoms in total. The summed E-state index contributed by atoms with van der Waals surface area (Å²) < 4.78 is 1.40. The highest BCUT2D eigenvalue weighted by molar-refractivity contribution is 5.88. The maximum atomic E-state index is 11.6. The molecule has 0 bridgehead atoms. The number of carbonyl (C=O) groups is 1. The number of aromatic carboxylic acids is 1. The van der Waals surface area contributed by atoms with Crippen LogP contribution in [0.3, 0.4) is 0 Å². The molecule has 0 radical (unpaired) electrons. The summed E-state index contributed by atoms with van der Waals surface area (Å²) in [4.78, 5) is 22.3. The fourth-order valence-electron chi connectivity index (χ4n) is 1.72. The molecule has 0 fully saturated rings. The Balaban J connectivity index is 2.50. The number of hydrogen-bond acceptors (Lipinski definition) is 2. The highest BCUT2D eigenvalue weighted by Crippen LogP contribution is 2.19. The number of aromatic amines is 1. The van der Waals surface area contributed by atoms with Gasteiger partial charge in [-0.2, -0.15) is 0 Å². The van der Waals surface area contributed by atoms with Crippen molar-refractivity contribution in [3.8, 4) is 11.3 Å². The van der Waals surface area contributed by atoms with Crippen LogP contribution in [-0.4, -0.2) is 20.9 Å². The monoisotopic (exact) mass is 232 g/mol. The SMILES string of the molecule is Cc1c(-c2ccc(C(=O)O)cc2)[nH]n(C)c1=O. The Morgan fingerprint density at radius 3 is 2.29 bits per heavy atom. The highest BCUT2D eigenvalue weighted by Gasteiger charge is 2.10. The zero-order valence-electron chi connectivity index (χ0n) is 9.52. The molecule has 5 heteroatoms. The summed E-state index contributed by atoms with van der Waals surface area (Å²) >= 11 is 0. The number of aromatic nitrogens is 2. The fraction of sp³-hybridized carbons (Fsp3) is 0.167. The third-order valence-electron chi connectivity index (χ3n) is 2.70. The first-order valence-electron chi connectivity index (χ1n) is 5.10. The zero-order chi connectivity index (χ0) is 12.6. The van der Waals surface area contributed by atoms with Crippen LogP contribution in [0.2, 0.25) is 0 Å². The van der Waals surface area contributed by atoms with Crippen molar-refractivity contribution in [3.05, 3.63) is 45.7 Å². The van der Waals surface area contributed by atoms with Crippen LogP contribution >= 0.6 is 0 Å². The third-order valence-corrected chi connectivity index (χ3v) is 2.70. The highest BCUT2D eigenvalue weighted by atomic mass is 16.4. The molecule has 0 amide bonds. The van der Waals surface area contributed by atoms with E-state index in [1.807, 2.05) is 0 Å². The molecular weight excluding hydrogens is 220 g/mol. The van der Waals surface area contributed by atoms with Gasteiger partial charge in [-0.25, -0.2) is 4.79 Å². The van der Waals surface area contributed by atoms with E-state index >= 15 is 0 Å². The van der Waals surface area contributed by atoms with E-state index in [4.69, 9.17) is 5.11 Å². The van der Waals surface area contributed by atoms with Crippen molar-refractivity contribution in [3.63, 3.8) is 0 Å². The topological polar surface area (TPSA) is 75.1 Å². The second-order valence-corrected chi connectivity index (χ2v) is 3.86. The number of carboxylic acids is 1. The van der Waals surface area contributed by atoms with Gasteiger partial charge in [0.2, 0.25) is 0 Å². The Morgan fingerprint density at radius 1 is 1.29 bits per heavy atom. The third kappa shape index (κ3) is 1.87. The summed E-state index contributed by atoms with van der Waals surface area (Å²) in [6.07, 6.45) is 0. The molecule has 0 unspecified atom stereocenters. The van der Waals surface area contributed by atoms with Gasteiger partial charge in [-0.05, 0) is 24.6 Å². The Labute approximate surface area is 97.3 Å². The van der Waals surface area contributed by atoms with Gasteiger partial charge in [0.25, 0.3) is 5.56 Å². The predicted octanol–water partition coefficient (Wildman–Crippen LogP) is 1.39. The number of nitrogens with one attached hydrogen (secondary N) is 1. The lowest BCUT2D eigenvalue weighted by Gasteiger charge is -2.00. The minimum Gasteiger partial charge on any atom is -0.478 e. The van der Waals surface area contributed by atoms with Crippen LogP contribution in [0, 0.1) is 6.92 Å². The molecule has 0 aliphatic carbocycles. The lowest BCUT2D eigenvalue weighted by atomic mass is 10.1. The summed E-state index contributed by atoms with van der Waals surface area (Å²) in [5.41, 5.74) is 2.28. The van der Waals surface area contributed by atoms with Crippen molar-refractivity contribution in [1.82, 2.24) is 9.78 Å². The van der Waals surface area contributed by atoms with Crippen LogP contribution in [-0.2, 0) is 7.05 Å². The van der Waals surface area contributed by atoms with Gasteiger partial charge in [0, 0.05) is 12.6 Å². The normalized spacial score (nSPS) is 10.5. The fourth-order valence-corrected chi connectivity index (χ4v) is 1.72. The number of benzene rings is 1. The average Bonchev–Trinajstić information content (AvgIpc) is 2.57. The molecule has 0 saturated carbocycles. The molecule has 88 valence electrons. The molecule has 0 spiro atoms. The molecule has 0 aliphatic rings. The zero-order valence-corrected chi connectivity index (χ0v) is 9.52. The second kappa shape index (κ2) is 3.93. The quantitative estimate of drug-likeness (QED) is 0.821. The molecule has 1 heterocycles. The van der Waals surface area contributed by atoms with Gasteiger partial charge in [-0.3, -0.25) is 14.6 Å². The Morgan fingerprint density at radius 2 is 1.88 bits per heavy atom. The van der Waals surface area contributed by atoms with Gasteiger partial charge < -0.3 is 5.11 Å². The van der Waals surface area contributed by atoms with Crippen LogP contribution in [0.15, 0.2) is 29.1 Å². The molecule has 0 aliphatic heterocycles. The average molecular weight is 232 g/mol. The molecule has 2 rings (SSSR count). The van der Waals surface area contributed by atoms with Crippen molar-refractivity contribution in [2.45, 2.75) is 6.92 Å². The number of carboxylic acid groups (broad SMARTS) is 1. The van der Waals surface area contributed by atoms with Crippen LogP contribution in [0.25, 0.3) is 11.3 Å². The van der Waals surface area contributed by atoms with E-state index in [1.165, 1.54) is 16.8 Å². The molecule has 17 heavy (non-hydrogen) atoms. The maximum absolute atomic E-state index is 11.6. The van der Waals surface area contributed by atoms with Crippen molar-refractivity contribution < 1.29 is 9.90 Å². The van der Waals surface area contributed by atoms with Gasteiger partial charge in [0.05, 0.1) is 11.3 Å². The molecule has 2 N–H and O–H groups in total. The van der Waals surface area contributed by atoms with E-state index < -0.39 is 5.97 Å². The number of rotatable bonds is 2. The molecular formula is C12H12N2O3. The Bertz CT molecular complexity index is 620. The minimum absolute atomic E-state index is 0.0812. The Hall–Kier alpha value is -2.30. The number of aryl methyl sites for hydroxylation is 1. The van der Waals surface area contributed by atoms with E-state index in [0.29, 0.717) is 5.56 Å². The number of hydrogen-bond donors (Lipinski definition) is 2. The summed E-state index contributed by atoms with van der Waals surface area (Å²) in [6.45, 7) is 1.74. The lowest BCUT2D eigenvalue weighted by molar-refractivity contribution is 0.0697. The van der Waals surface area contributed by atoms with Crippen molar-refractivity contribution in [2.24, 2.45) is 7.05 Å². The Kier molecular flexibility index (Phi) is 2.59. The standard InChI is InChI=1S/C12H12N2O3/c1-7-10(13-14(2)11(7)15)8-3-5-9(6-4-8)12(16)17/h3-6,13H,1-2H3,(H,16,17). The van der Waals surface area contributed by atoms with E-state index in [9.17, 15) is 9.59 Å². The second-order valence-electron chi connectivity index (χ2n) is 3.86. The first kappa shape index (κ1) is 11.2. The van der Waals surface area contributed by atoms with Gasteiger partial charge in [0.1, 0.15) is 0 Å². The van der Waals surface area contributed by atoms with E-state index in [1.54, 1.807) is 26.1 Å². The number of nitrogens with zero attached hydrogens (tertiary/aromatic N) is 1. The summed E-state index contributed by atoms with van der Waals surface area (Å²) in [5.74, 6) is -0.963. The molecule has 1 aromatic carbocycles. The summed E-state index contributed by atoms with van der Waals surface area (Å²) in [7, 11) is 1.64. The number of H-pyrrole nitrogens is 1. The van der Waals surface area contributed by atoms with Crippen molar-refractivity contribution in [1.29, 1.82) is 0 Å². The largest absolute Gasteiger partial charge is 0.478 e. The van der Waals surface area contributed by atoms with Gasteiger partial charge in [0.15, 0.2) is 0 Å².